The van der Waals surface area contributed by atoms with Crippen LogP contribution in [0.25, 0.3) is 0 Å². The standard InChI is InChI=1S/C8H14F2N2/c1-7(11)12-6-4-3-5-8(2,9)10/h6,11H,3-5H2,1-2H3. The van der Waals surface area contributed by atoms with E-state index < -0.39 is 5.92 Å². The number of hydrogen-bond acceptors (Lipinski definition) is 1. The first-order valence-corrected chi connectivity index (χ1v) is 3.87. The largest absolute Gasteiger partial charge is 0.287 e. The highest BCUT2D eigenvalue weighted by Crippen LogP contribution is 2.18. The Balaban J connectivity index is 3.40. The lowest BCUT2D eigenvalue weighted by atomic mass is 10.2. The summed E-state index contributed by atoms with van der Waals surface area (Å²) in [5.74, 6) is -2.37. The molecule has 0 aliphatic carbocycles. The Hall–Kier alpha value is -0.800. The van der Waals surface area contributed by atoms with Crippen LogP contribution in [0, 0.1) is 5.41 Å². The second-order valence-electron chi connectivity index (χ2n) is 2.86. The number of aliphatic imine (C=N–C) groups is 1. The summed E-state index contributed by atoms with van der Waals surface area (Å²) in [5, 5.41) is 6.91. The Morgan fingerprint density at radius 3 is 2.58 bits per heavy atom. The van der Waals surface area contributed by atoms with Crippen LogP contribution < -0.4 is 0 Å². The first-order chi connectivity index (χ1) is 5.42. The Morgan fingerprint density at radius 2 is 2.17 bits per heavy atom. The third kappa shape index (κ3) is 9.20. The number of rotatable bonds is 4. The van der Waals surface area contributed by atoms with Crippen molar-refractivity contribution in [1.29, 1.82) is 5.41 Å². The van der Waals surface area contributed by atoms with Crippen molar-refractivity contribution in [1.82, 2.24) is 0 Å². The van der Waals surface area contributed by atoms with E-state index in [-0.39, 0.29) is 12.3 Å². The van der Waals surface area contributed by atoms with E-state index in [0.717, 1.165) is 6.92 Å². The lowest BCUT2D eigenvalue weighted by Crippen LogP contribution is -2.08. The molecular formula is C8H14F2N2. The lowest BCUT2D eigenvalue weighted by molar-refractivity contribution is 0.0116. The maximum Gasteiger partial charge on any atom is 0.245 e. The van der Waals surface area contributed by atoms with Crippen LogP contribution >= 0.6 is 0 Å². The van der Waals surface area contributed by atoms with Crippen LogP contribution in [-0.4, -0.2) is 18.0 Å². The fourth-order valence-electron chi connectivity index (χ4n) is 0.705. The van der Waals surface area contributed by atoms with Crippen LogP contribution in [0.5, 0.6) is 0 Å². The molecule has 0 saturated heterocycles. The minimum Gasteiger partial charge on any atom is -0.287 e. The molecule has 0 atom stereocenters. The van der Waals surface area contributed by atoms with Gasteiger partial charge in [-0.25, -0.2) is 13.8 Å². The molecule has 0 aliphatic rings. The molecule has 0 amide bonds. The van der Waals surface area contributed by atoms with E-state index in [0.29, 0.717) is 12.8 Å². The van der Waals surface area contributed by atoms with Gasteiger partial charge in [-0.3, -0.25) is 5.41 Å². The van der Waals surface area contributed by atoms with E-state index in [4.69, 9.17) is 5.41 Å². The fourth-order valence-corrected chi connectivity index (χ4v) is 0.705. The van der Waals surface area contributed by atoms with Crippen molar-refractivity contribution in [3.63, 3.8) is 0 Å². The minimum absolute atomic E-state index is 0.115. The smallest absolute Gasteiger partial charge is 0.245 e. The minimum atomic E-state index is -2.58. The lowest BCUT2D eigenvalue weighted by Gasteiger charge is -2.07. The maximum atomic E-state index is 12.2. The normalized spacial score (nSPS) is 12.3. The molecule has 0 unspecified atom stereocenters. The molecule has 70 valence electrons. The molecule has 2 nitrogen and oxygen atoms in total. The first-order valence-electron chi connectivity index (χ1n) is 3.87. The van der Waals surface area contributed by atoms with Crippen LogP contribution in [-0.2, 0) is 0 Å². The molecule has 12 heavy (non-hydrogen) atoms. The van der Waals surface area contributed by atoms with E-state index in [1.54, 1.807) is 6.92 Å². The van der Waals surface area contributed by atoms with Gasteiger partial charge in [0.25, 0.3) is 0 Å². The Labute approximate surface area is 71.2 Å². The molecule has 0 rings (SSSR count). The highest BCUT2D eigenvalue weighted by atomic mass is 19.3. The zero-order chi connectivity index (χ0) is 9.61. The van der Waals surface area contributed by atoms with Crippen molar-refractivity contribution in [2.45, 2.75) is 39.0 Å². The highest BCUT2D eigenvalue weighted by molar-refractivity contribution is 5.84. The van der Waals surface area contributed by atoms with Gasteiger partial charge in [-0.1, -0.05) is 0 Å². The monoisotopic (exact) mass is 176 g/mol. The van der Waals surface area contributed by atoms with Crippen molar-refractivity contribution < 1.29 is 8.78 Å². The van der Waals surface area contributed by atoms with Crippen molar-refractivity contribution in [3.8, 4) is 0 Å². The van der Waals surface area contributed by atoms with Gasteiger partial charge in [-0.05, 0) is 26.7 Å². The van der Waals surface area contributed by atoms with E-state index in [1.165, 1.54) is 6.21 Å². The number of nitrogens with one attached hydrogen (secondary N) is 1. The second-order valence-corrected chi connectivity index (χ2v) is 2.86. The van der Waals surface area contributed by atoms with Crippen LogP contribution in [0.4, 0.5) is 8.78 Å². The molecule has 0 saturated carbocycles. The third-order valence-electron chi connectivity index (χ3n) is 1.23. The molecule has 0 aromatic carbocycles. The molecule has 1 N–H and O–H groups in total. The fraction of sp³-hybridized carbons (Fsp3) is 0.750. The average Bonchev–Trinajstić information content (AvgIpc) is 1.83. The predicted molar refractivity (Wildman–Crippen MR) is 46.4 cm³/mol. The quantitative estimate of drug-likeness (QED) is 0.388. The molecule has 0 aromatic heterocycles. The number of hydrogen-bond donors (Lipinski definition) is 1. The molecule has 0 bridgehead atoms. The van der Waals surface area contributed by atoms with Crippen molar-refractivity contribution in [2.75, 3.05) is 0 Å². The van der Waals surface area contributed by atoms with E-state index in [1.807, 2.05) is 0 Å². The number of nitrogens with zero attached hydrogens (tertiary/aromatic N) is 1. The summed E-state index contributed by atoms with van der Waals surface area (Å²) in [6.45, 7) is 2.46. The van der Waals surface area contributed by atoms with Gasteiger partial charge >= 0.3 is 0 Å². The van der Waals surface area contributed by atoms with E-state index in [9.17, 15) is 8.78 Å². The molecular weight excluding hydrogens is 162 g/mol. The zero-order valence-electron chi connectivity index (χ0n) is 7.40. The summed E-state index contributed by atoms with van der Waals surface area (Å²) >= 11 is 0. The van der Waals surface area contributed by atoms with Crippen molar-refractivity contribution in [2.24, 2.45) is 4.99 Å². The van der Waals surface area contributed by atoms with Crippen LogP contribution in [0.3, 0.4) is 0 Å². The van der Waals surface area contributed by atoms with E-state index in [2.05, 4.69) is 4.99 Å². The molecule has 0 heterocycles. The highest BCUT2D eigenvalue weighted by Gasteiger charge is 2.19. The molecule has 4 heteroatoms. The summed E-state index contributed by atoms with van der Waals surface area (Å²) in [5.41, 5.74) is 0. The summed E-state index contributed by atoms with van der Waals surface area (Å²) in [6.07, 6.45) is 2.32. The maximum absolute atomic E-state index is 12.2. The van der Waals surface area contributed by atoms with Gasteiger partial charge in [-0.2, -0.15) is 0 Å². The van der Waals surface area contributed by atoms with Crippen molar-refractivity contribution >= 4 is 12.1 Å². The SMILES string of the molecule is CC(=N)N=CCCCC(C)(F)F. The van der Waals surface area contributed by atoms with Crippen LogP contribution in [0.2, 0.25) is 0 Å². The Bertz CT molecular complexity index is 170. The zero-order valence-corrected chi connectivity index (χ0v) is 7.40. The second kappa shape index (κ2) is 4.95. The number of amidine groups is 1. The number of halogens is 2. The van der Waals surface area contributed by atoms with Gasteiger partial charge in [0.1, 0.15) is 5.84 Å². The van der Waals surface area contributed by atoms with Gasteiger partial charge < -0.3 is 0 Å². The molecule has 0 aliphatic heterocycles. The van der Waals surface area contributed by atoms with Gasteiger partial charge in [0.05, 0.1) is 0 Å². The molecule has 0 aromatic rings. The van der Waals surface area contributed by atoms with Gasteiger partial charge in [0.15, 0.2) is 0 Å². The number of alkyl halides is 2. The summed E-state index contributed by atoms with van der Waals surface area (Å²) in [4.78, 5) is 3.66. The van der Waals surface area contributed by atoms with Gasteiger partial charge in [0, 0.05) is 12.6 Å². The topological polar surface area (TPSA) is 36.2 Å². The average molecular weight is 176 g/mol. The Morgan fingerprint density at radius 1 is 1.58 bits per heavy atom. The van der Waals surface area contributed by atoms with Crippen molar-refractivity contribution in [3.05, 3.63) is 0 Å². The van der Waals surface area contributed by atoms with Gasteiger partial charge in [0.2, 0.25) is 5.92 Å². The summed E-state index contributed by atoms with van der Waals surface area (Å²) in [6, 6.07) is 0. The molecule has 0 fully saturated rings. The molecule has 0 spiro atoms. The molecule has 0 radical (unpaired) electrons. The third-order valence-corrected chi connectivity index (χ3v) is 1.23. The summed E-state index contributed by atoms with van der Waals surface area (Å²) < 4.78 is 24.4. The van der Waals surface area contributed by atoms with Crippen LogP contribution in [0.15, 0.2) is 4.99 Å². The predicted octanol–water partition coefficient (Wildman–Crippen LogP) is 2.88. The van der Waals surface area contributed by atoms with E-state index >= 15 is 0 Å². The van der Waals surface area contributed by atoms with Crippen LogP contribution in [0.1, 0.15) is 33.1 Å². The number of unbranched alkanes of at least 4 members (excludes halogenated alkanes) is 1. The summed E-state index contributed by atoms with van der Waals surface area (Å²) in [7, 11) is 0. The first kappa shape index (κ1) is 11.2. The Kier molecular flexibility index (Phi) is 4.62. The van der Waals surface area contributed by atoms with Gasteiger partial charge in [-0.15, -0.1) is 0 Å².